The second-order valence-electron chi connectivity index (χ2n) is 3.57. The van der Waals surface area contributed by atoms with Crippen LogP contribution in [-0.2, 0) is 10.8 Å². The molecule has 2 nitrogen and oxygen atoms in total. The third-order valence-electron chi connectivity index (χ3n) is 2.41. The number of benzene rings is 1. The fourth-order valence-corrected chi connectivity index (χ4v) is 2.06. The molecule has 1 heterocycles. The van der Waals surface area contributed by atoms with Gasteiger partial charge in [0.15, 0.2) is 0 Å². The monoisotopic (exact) mass is 315 g/mol. The third kappa shape index (κ3) is 2.52. The molecule has 1 N–H and O–H groups in total. The molecular formula is C12H14INO. The first-order valence-corrected chi connectivity index (χ1v) is 6.58. The van der Waals surface area contributed by atoms with Crippen molar-refractivity contribution in [2.24, 2.45) is 0 Å². The molecule has 0 saturated heterocycles. The van der Waals surface area contributed by atoms with Crippen LogP contribution in [0.1, 0.15) is 11.3 Å². The molecule has 15 heavy (non-hydrogen) atoms. The summed E-state index contributed by atoms with van der Waals surface area (Å²) in [5.41, 5.74) is 2.33. The van der Waals surface area contributed by atoms with Crippen molar-refractivity contribution in [3.63, 3.8) is 0 Å². The molecule has 0 fully saturated rings. The quantitative estimate of drug-likeness (QED) is 0.693. The molecule has 0 atom stereocenters. The van der Waals surface area contributed by atoms with E-state index in [1.807, 2.05) is 7.05 Å². The topological polar surface area (TPSA) is 25.2 Å². The Morgan fingerprint density at radius 3 is 2.93 bits per heavy atom. The SMILES string of the molecule is CNCCc1cc2ccc(CI)cc2o1. The minimum atomic E-state index is 0.949. The Balaban J connectivity index is 2.29. The van der Waals surface area contributed by atoms with E-state index in [4.69, 9.17) is 4.42 Å². The molecule has 0 aliphatic carbocycles. The van der Waals surface area contributed by atoms with Crippen LogP contribution < -0.4 is 5.32 Å². The maximum atomic E-state index is 5.77. The normalized spacial score (nSPS) is 11.1. The van der Waals surface area contributed by atoms with Gasteiger partial charge in [-0.05, 0) is 24.7 Å². The molecule has 0 spiro atoms. The molecule has 0 unspecified atom stereocenters. The zero-order chi connectivity index (χ0) is 10.7. The Kier molecular flexibility index (Phi) is 3.64. The second kappa shape index (κ2) is 4.99. The Bertz CT molecular complexity index is 450. The number of furan rings is 1. The minimum absolute atomic E-state index is 0.949. The first kappa shape index (κ1) is 11.0. The van der Waals surface area contributed by atoms with E-state index in [1.54, 1.807) is 0 Å². The standard InChI is InChI=1S/C12H14INO/c1-14-5-4-11-7-10-3-2-9(8-13)6-12(10)15-11/h2-3,6-7,14H,4-5,8H2,1H3. The van der Waals surface area contributed by atoms with Crippen molar-refractivity contribution in [3.05, 3.63) is 35.6 Å². The predicted octanol–water partition coefficient (Wildman–Crippen LogP) is 3.13. The molecule has 1 aromatic carbocycles. The van der Waals surface area contributed by atoms with Crippen molar-refractivity contribution in [1.82, 2.24) is 5.32 Å². The van der Waals surface area contributed by atoms with E-state index in [1.165, 1.54) is 10.9 Å². The highest BCUT2D eigenvalue weighted by Crippen LogP contribution is 2.22. The molecule has 1 aromatic heterocycles. The number of nitrogens with one attached hydrogen (secondary N) is 1. The number of likely N-dealkylation sites (N-methyl/N-ethyl adjacent to an activating group) is 1. The van der Waals surface area contributed by atoms with Gasteiger partial charge in [0.1, 0.15) is 11.3 Å². The summed E-state index contributed by atoms with van der Waals surface area (Å²) >= 11 is 2.36. The zero-order valence-corrected chi connectivity index (χ0v) is 10.9. The fraction of sp³-hybridized carbons (Fsp3) is 0.333. The lowest BCUT2D eigenvalue weighted by molar-refractivity contribution is 0.541. The predicted molar refractivity (Wildman–Crippen MR) is 71.6 cm³/mol. The molecule has 0 radical (unpaired) electrons. The molecule has 80 valence electrons. The van der Waals surface area contributed by atoms with Gasteiger partial charge in [-0.3, -0.25) is 0 Å². The fourth-order valence-electron chi connectivity index (χ4n) is 1.59. The van der Waals surface area contributed by atoms with Gasteiger partial charge in [-0.2, -0.15) is 0 Å². The van der Waals surface area contributed by atoms with Crippen LogP contribution in [0.2, 0.25) is 0 Å². The average Bonchev–Trinajstić information content (AvgIpc) is 2.67. The third-order valence-corrected chi connectivity index (χ3v) is 3.29. The zero-order valence-electron chi connectivity index (χ0n) is 8.72. The van der Waals surface area contributed by atoms with E-state index in [9.17, 15) is 0 Å². The van der Waals surface area contributed by atoms with Gasteiger partial charge in [0.25, 0.3) is 0 Å². The average molecular weight is 315 g/mol. The largest absolute Gasteiger partial charge is 0.461 e. The van der Waals surface area contributed by atoms with Crippen LogP contribution in [0.25, 0.3) is 11.0 Å². The lowest BCUT2D eigenvalue weighted by Crippen LogP contribution is -2.09. The van der Waals surface area contributed by atoms with Crippen molar-refractivity contribution < 1.29 is 4.42 Å². The van der Waals surface area contributed by atoms with Gasteiger partial charge in [-0.1, -0.05) is 34.7 Å². The molecule has 0 bridgehead atoms. The molecular weight excluding hydrogens is 301 g/mol. The van der Waals surface area contributed by atoms with E-state index in [0.717, 1.165) is 28.7 Å². The molecule has 0 aliphatic heterocycles. The molecule has 0 saturated carbocycles. The van der Waals surface area contributed by atoms with Gasteiger partial charge in [-0.25, -0.2) is 0 Å². The van der Waals surface area contributed by atoms with E-state index in [0.29, 0.717) is 0 Å². The van der Waals surface area contributed by atoms with E-state index < -0.39 is 0 Å². The molecule has 2 aromatic rings. The summed E-state index contributed by atoms with van der Waals surface area (Å²) in [6, 6.07) is 8.55. The molecule has 2 rings (SSSR count). The lowest BCUT2D eigenvalue weighted by atomic mass is 10.2. The van der Waals surface area contributed by atoms with Crippen molar-refractivity contribution in [1.29, 1.82) is 0 Å². The molecule has 3 heteroatoms. The molecule has 0 aliphatic rings. The van der Waals surface area contributed by atoms with Crippen LogP contribution in [0.5, 0.6) is 0 Å². The highest BCUT2D eigenvalue weighted by atomic mass is 127. The van der Waals surface area contributed by atoms with Crippen LogP contribution in [-0.4, -0.2) is 13.6 Å². The van der Waals surface area contributed by atoms with Gasteiger partial charge < -0.3 is 9.73 Å². The summed E-state index contributed by atoms with van der Waals surface area (Å²) in [6.45, 7) is 0.957. The van der Waals surface area contributed by atoms with Crippen molar-refractivity contribution in [2.45, 2.75) is 10.8 Å². The summed E-state index contributed by atoms with van der Waals surface area (Å²) in [6.07, 6.45) is 0.949. The van der Waals surface area contributed by atoms with Crippen molar-refractivity contribution in [2.75, 3.05) is 13.6 Å². The highest BCUT2D eigenvalue weighted by molar-refractivity contribution is 14.1. The number of rotatable bonds is 4. The van der Waals surface area contributed by atoms with E-state index >= 15 is 0 Å². The van der Waals surface area contributed by atoms with Crippen LogP contribution in [0, 0.1) is 0 Å². The summed E-state index contributed by atoms with van der Waals surface area (Å²) in [5, 5.41) is 4.33. The number of hydrogen-bond donors (Lipinski definition) is 1. The van der Waals surface area contributed by atoms with Crippen molar-refractivity contribution in [3.8, 4) is 0 Å². The highest BCUT2D eigenvalue weighted by Gasteiger charge is 2.03. The van der Waals surface area contributed by atoms with Gasteiger partial charge in [0.2, 0.25) is 0 Å². The Hall–Kier alpha value is -0.550. The van der Waals surface area contributed by atoms with Crippen LogP contribution in [0.3, 0.4) is 0 Å². The van der Waals surface area contributed by atoms with Crippen LogP contribution >= 0.6 is 22.6 Å². The Labute approximate surface area is 103 Å². The number of hydrogen-bond acceptors (Lipinski definition) is 2. The maximum Gasteiger partial charge on any atom is 0.134 e. The van der Waals surface area contributed by atoms with E-state index in [2.05, 4.69) is 52.2 Å². The number of fused-ring (bicyclic) bond motifs is 1. The number of alkyl halides is 1. The van der Waals surface area contributed by atoms with Crippen molar-refractivity contribution >= 4 is 33.6 Å². The number of halogens is 1. The molecule has 0 amide bonds. The second-order valence-corrected chi connectivity index (χ2v) is 4.33. The van der Waals surface area contributed by atoms with Gasteiger partial charge in [0, 0.05) is 22.8 Å². The van der Waals surface area contributed by atoms with Gasteiger partial charge in [0.05, 0.1) is 0 Å². The summed E-state index contributed by atoms with van der Waals surface area (Å²) in [7, 11) is 1.96. The summed E-state index contributed by atoms with van der Waals surface area (Å²) in [5.74, 6) is 1.06. The van der Waals surface area contributed by atoms with E-state index in [-0.39, 0.29) is 0 Å². The van der Waals surface area contributed by atoms with Crippen LogP contribution in [0.4, 0.5) is 0 Å². The smallest absolute Gasteiger partial charge is 0.134 e. The first-order chi connectivity index (χ1) is 7.33. The minimum Gasteiger partial charge on any atom is -0.461 e. The Morgan fingerprint density at radius 1 is 1.33 bits per heavy atom. The van der Waals surface area contributed by atoms with Gasteiger partial charge in [-0.15, -0.1) is 0 Å². The van der Waals surface area contributed by atoms with Crippen LogP contribution in [0.15, 0.2) is 28.7 Å². The van der Waals surface area contributed by atoms with Gasteiger partial charge >= 0.3 is 0 Å². The first-order valence-electron chi connectivity index (χ1n) is 5.05. The summed E-state index contributed by atoms with van der Waals surface area (Å²) < 4.78 is 6.80. The maximum absolute atomic E-state index is 5.77. The Morgan fingerprint density at radius 2 is 2.20 bits per heavy atom. The lowest BCUT2D eigenvalue weighted by Gasteiger charge is -1.94. The summed E-state index contributed by atoms with van der Waals surface area (Å²) in [4.78, 5) is 0.